The maximum absolute atomic E-state index is 4.68. The lowest BCUT2D eigenvalue weighted by molar-refractivity contribution is 0.587. The van der Waals surface area contributed by atoms with E-state index in [4.69, 9.17) is 0 Å². The summed E-state index contributed by atoms with van der Waals surface area (Å²) in [5, 5.41) is 8.17. The minimum Gasteiger partial charge on any atom is -0.346 e. The van der Waals surface area contributed by atoms with Gasteiger partial charge in [0.15, 0.2) is 0 Å². The van der Waals surface area contributed by atoms with Gasteiger partial charge in [-0.1, -0.05) is 19.8 Å². The predicted octanol–water partition coefficient (Wildman–Crippen LogP) is 4.49. The highest BCUT2D eigenvalue weighted by molar-refractivity contribution is 7.19. The van der Waals surface area contributed by atoms with E-state index in [1.807, 2.05) is 12.4 Å². The minimum atomic E-state index is 0.304. The number of nitrogens with one attached hydrogen (secondary N) is 4. The summed E-state index contributed by atoms with van der Waals surface area (Å²) in [4.78, 5) is 16.9. The summed E-state index contributed by atoms with van der Waals surface area (Å²) < 4.78 is 1.20. The molecule has 35 heavy (non-hydrogen) atoms. The number of nitrogens with zero attached hydrogens (tertiary/aromatic N) is 2. The molecule has 4 N–H and O–H groups in total. The van der Waals surface area contributed by atoms with Gasteiger partial charge < -0.3 is 20.6 Å². The van der Waals surface area contributed by atoms with E-state index in [9.17, 15) is 0 Å². The lowest BCUT2D eigenvalue weighted by Crippen LogP contribution is -2.14. The number of aromatic amines is 2. The number of hydrogen-bond donors (Lipinski definition) is 4. The zero-order valence-electron chi connectivity index (χ0n) is 19.9. The van der Waals surface area contributed by atoms with E-state index >= 15 is 0 Å². The normalized spacial score (nSPS) is 23.7. The van der Waals surface area contributed by atoms with Crippen LogP contribution in [0.5, 0.6) is 0 Å². The highest BCUT2D eigenvalue weighted by Gasteiger charge is 2.25. The van der Waals surface area contributed by atoms with Gasteiger partial charge in [-0.05, 0) is 85.2 Å². The first-order chi connectivity index (χ1) is 17.1. The molecular formula is C28H28N6S. The van der Waals surface area contributed by atoms with E-state index in [1.54, 1.807) is 11.3 Å². The van der Waals surface area contributed by atoms with Crippen LogP contribution in [0.4, 0.5) is 0 Å². The fourth-order valence-electron chi connectivity index (χ4n) is 4.84. The van der Waals surface area contributed by atoms with Gasteiger partial charge in [-0.3, -0.25) is 0 Å². The summed E-state index contributed by atoms with van der Waals surface area (Å²) in [6, 6.07) is 9.04. The summed E-state index contributed by atoms with van der Waals surface area (Å²) >= 11 is 1.69. The topological polar surface area (TPSA) is 81.4 Å². The van der Waals surface area contributed by atoms with Crippen molar-refractivity contribution < 1.29 is 0 Å². The molecule has 0 aliphatic carbocycles. The van der Waals surface area contributed by atoms with Crippen molar-refractivity contribution in [2.45, 2.75) is 38.8 Å². The molecule has 4 atom stereocenters. The quantitative estimate of drug-likeness (QED) is 0.319. The molecule has 1 aromatic carbocycles. The SMILES string of the molecule is C[C@@H]1CN[C@H](c2nc(C#Cc3ccc4sc(C#Cc5c[nH]c([C@@H]6C[C@H](C)CN6)n5)cc4c3)c[nH]2)C1. The Morgan fingerprint density at radius 2 is 1.43 bits per heavy atom. The average Bonchev–Trinajstić information content (AvgIpc) is 3.66. The van der Waals surface area contributed by atoms with Gasteiger partial charge in [0.2, 0.25) is 0 Å². The van der Waals surface area contributed by atoms with E-state index < -0.39 is 0 Å². The predicted molar refractivity (Wildman–Crippen MR) is 140 cm³/mol. The molecule has 2 aliphatic heterocycles. The summed E-state index contributed by atoms with van der Waals surface area (Å²) in [6.07, 6.45) is 6.02. The Kier molecular flexibility index (Phi) is 5.91. The summed E-state index contributed by atoms with van der Waals surface area (Å²) in [6.45, 7) is 6.60. The fourth-order valence-corrected chi connectivity index (χ4v) is 5.74. The molecule has 0 bridgehead atoms. The maximum Gasteiger partial charge on any atom is 0.131 e. The van der Waals surface area contributed by atoms with E-state index in [0.717, 1.165) is 64.8 Å². The van der Waals surface area contributed by atoms with Crippen LogP contribution in [0.15, 0.2) is 36.7 Å². The number of aromatic nitrogens is 4. The smallest absolute Gasteiger partial charge is 0.131 e. The van der Waals surface area contributed by atoms with Crippen LogP contribution in [0.25, 0.3) is 10.1 Å². The Balaban J connectivity index is 1.15. The lowest BCUT2D eigenvalue weighted by atomic mass is 10.1. The highest BCUT2D eigenvalue weighted by atomic mass is 32.1. The number of imidazole rings is 2. The second-order valence-electron chi connectivity index (χ2n) is 9.81. The first-order valence-electron chi connectivity index (χ1n) is 12.2. The number of benzene rings is 1. The first-order valence-corrected chi connectivity index (χ1v) is 13.1. The van der Waals surface area contributed by atoms with Crippen LogP contribution >= 0.6 is 11.3 Å². The van der Waals surface area contributed by atoms with Crippen molar-refractivity contribution in [1.29, 1.82) is 0 Å². The zero-order valence-corrected chi connectivity index (χ0v) is 20.7. The number of fused-ring (bicyclic) bond motifs is 1. The molecular weight excluding hydrogens is 452 g/mol. The van der Waals surface area contributed by atoms with E-state index in [-0.39, 0.29) is 0 Å². The van der Waals surface area contributed by atoms with Crippen molar-refractivity contribution >= 4 is 21.4 Å². The Morgan fingerprint density at radius 3 is 2.03 bits per heavy atom. The number of hydrogen-bond acceptors (Lipinski definition) is 5. The largest absolute Gasteiger partial charge is 0.346 e. The fraction of sp³-hybridized carbons (Fsp3) is 0.357. The van der Waals surface area contributed by atoms with Crippen molar-refractivity contribution in [3.63, 3.8) is 0 Å². The number of thiophene rings is 1. The van der Waals surface area contributed by atoms with Crippen molar-refractivity contribution in [1.82, 2.24) is 30.6 Å². The third-order valence-electron chi connectivity index (χ3n) is 6.72. The highest BCUT2D eigenvalue weighted by Crippen LogP contribution is 2.27. The molecule has 0 saturated carbocycles. The second-order valence-corrected chi connectivity index (χ2v) is 10.9. The molecule has 7 heteroatoms. The Hall–Kier alpha value is -3.36. The van der Waals surface area contributed by atoms with Crippen LogP contribution in [0, 0.1) is 35.5 Å². The maximum atomic E-state index is 4.68. The van der Waals surface area contributed by atoms with Crippen molar-refractivity contribution in [3.05, 3.63) is 70.1 Å². The molecule has 5 heterocycles. The summed E-state index contributed by atoms with van der Waals surface area (Å²) in [5.41, 5.74) is 2.53. The van der Waals surface area contributed by atoms with Crippen LogP contribution in [0.2, 0.25) is 0 Å². The number of H-pyrrole nitrogens is 2. The molecule has 2 aliphatic rings. The Morgan fingerprint density at radius 1 is 0.800 bits per heavy atom. The molecule has 176 valence electrons. The monoisotopic (exact) mass is 480 g/mol. The standard InChI is InChI=1S/C28H28N6S/c1-17-9-24(29-13-17)27-31-15-21(33-27)5-3-19-4-8-26-20(11-19)12-23(35-26)7-6-22-16-32-28(34-22)25-10-18(2)14-30-25/h4,8,11-12,15-18,24-25,29-30H,9-10,13-14H2,1-2H3,(H,31,33)(H,32,34)/t17-,18-,24-,25-/m0/s1. The third kappa shape index (κ3) is 4.90. The van der Waals surface area contributed by atoms with Crippen molar-refractivity contribution in [3.8, 4) is 23.7 Å². The molecule has 0 radical (unpaired) electrons. The molecule has 2 saturated heterocycles. The Labute approximate surface area is 209 Å². The van der Waals surface area contributed by atoms with E-state index in [1.165, 1.54) is 4.70 Å². The van der Waals surface area contributed by atoms with Gasteiger partial charge >= 0.3 is 0 Å². The van der Waals surface area contributed by atoms with E-state index in [0.29, 0.717) is 23.9 Å². The van der Waals surface area contributed by atoms with Crippen LogP contribution in [0.3, 0.4) is 0 Å². The molecule has 4 aromatic rings. The van der Waals surface area contributed by atoms with Crippen LogP contribution < -0.4 is 10.6 Å². The molecule has 2 fully saturated rings. The van der Waals surface area contributed by atoms with Crippen LogP contribution in [0.1, 0.15) is 72.3 Å². The van der Waals surface area contributed by atoms with Crippen LogP contribution in [-0.2, 0) is 0 Å². The summed E-state index contributed by atoms with van der Waals surface area (Å²) in [5.74, 6) is 16.3. The summed E-state index contributed by atoms with van der Waals surface area (Å²) in [7, 11) is 0. The molecule has 0 unspecified atom stereocenters. The molecule has 3 aromatic heterocycles. The average molecular weight is 481 g/mol. The minimum absolute atomic E-state index is 0.304. The van der Waals surface area contributed by atoms with Gasteiger partial charge in [-0.2, -0.15) is 0 Å². The lowest BCUT2D eigenvalue weighted by Gasteiger charge is -2.04. The van der Waals surface area contributed by atoms with Crippen molar-refractivity contribution in [2.24, 2.45) is 11.8 Å². The molecule has 0 spiro atoms. The number of rotatable bonds is 2. The van der Waals surface area contributed by atoms with Gasteiger partial charge in [-0.15, -0.1) is 11.3 Å². The molecule has 6 nitrogen and oxygen atoms in total. The van der Waals surface area contributed by atoms with Crippen LogP contribution in [-0.4, -0.2) is 33.0 Å². The van der Waals surface area contributed by atoms with Gasteiger partial charge in [0.05, 0.1) is 17.0 Å². The third-order valence-corrected chi connectivity index (χ3v) is 7.75. The van der Waals surface area contributed by atoms with Gasteiger partial charge in [0, 0.05) is 22.7 Å². The first kappa shape index (κ1) is 22.1. The van der Waals surface area contributed by atoms with Gasteiger partial charge in [0.1, 0.15) is 23.0 Å². The Bertz CT molecular complexity index is 1410. The molecule has 6 rings (SSSR count). The van der Waals surface area contributed by atoms with Gasteiger partial charge in [0.25, 0.3) is 0 Å². The van der Waals surface area contributed by atoms with E-state index in [2.05, 4.69) is 92.4 Å². The zero-order chi connectivity index (χ0) is 23.8. The second kappa shape index (κ2) is 9.36. The van der Waals surface area contributed by atoms with Gasteiger partial charge in [-0.25, -0.2) is 9.97 Å². The van der Waals surface area contributed by atoms with Crippen molar-refractivity contribution in [2.75, 3.05) is 13.1 Å². The molecule has 0 amide bonds.